The first-order valence-electron chi connectivity index (χ1n) is 9.88. The summed E-state index contributed by atoms with van der Waals surface area (Å²) in [5, 5.41) is 3.34. The van der Waals surface area contributed by atoms with Crippen LogP contribution in [0.5, 0.6) is 0 Å². The molecule has 2 saturated carbocycles. The monoisotopic (exact) mass is 348 g/mol. The third kappa shape index (κ3) is 3.54. The lowest BCUT2D eigenvalue weighted by molar-refractivity contribution is -0.128. The fraction of sp³-hybridized carbons (Fsp3) is 0.435. The van der Waals surface area contributed by atoms with E-state index >= 15 is 0 Å². The summed E-state index contributed by atoms with van der Waals surface area (Å²) >= 11 is 0. The molecule has 0 radical (unpaired) electrons. The molecule has 3 heteroatoms. The Balaban J connectivity index is 1.53. The lowest BCUT2D eigenvalue weighted by Crippen LogP contribution is -2.49. The normalized spacial score (nSPS) is 27.9. The van der Waals surface area contributed by atoms with E-state index in [1.807, 2.05) is 36.4 Å². The number of hydrogen-bond acceptors (Lipinski definition) is 2. The molecule has 2 aliphatic rings. The predicted molar refractivity (Wildman–Crippen MR) is 104 cm³/mol. The smallest absolute Gasteiger partial charge is 0.223 e. The van der Waals surface area contributed by atoms with Gasteiger partial charge in [-0.05, 0) is 48.6 Å². The number of benzene rings is 2. The first-order chi connectivity index (χ1) is 12.7. The molecule has 0 heterocycles. The molecule has 2 unspecified atom stereocenters. The zero-order valence-corrected chi connectivity index (χ0v) is 15.2. The first-order valence-corrected chi connectivity index (χ1v) is 9.88. The van der Waals surface area contributed by atoms with Crippen molar-refractivity contribution in [2.24, 2.45) is 23.5 Å². The topological polar surface area (TPSA) is 55.1 Å². The van der Waals surface area contributed by atoms with Crippen molar-refractivity contribution in [2.45, 2.75) is 44.2 Å². The molecule has 2 fully saturated rings. The van der Waals surface area contributed by atoms with Crippen molar-refractivity contribution in [3.05, 3.63) is 71.8 Å². The van der Waals surface area contributed by atoms with Crippen LogP contribution in [0, 0.1) is 17.8 Å². The van der Waals surface area contributed by atoms with Gasteiger partial charge < -0.3 is 11.1 Å². The molecule has 2 atom stereocenters. The largest absolute Gasteiger partial charge is 0.345 e. The molecule has 0 aliphatic heterocycles. The molecule has 136 valence electrons. The van der Waals surface area contributed by atoms with Crippen molar-refractivity contribution >= 4 is 5.91 Å². The second kappa shape index (κ2) is 7.63. The molecule has 3 nitrogen and oxygen atoms in total. The second-order valence-corrected chi connectivity index (χ2v) is 7.96. The van der Waals surface area contributed by atoms with Crippen molar-refractivity contribution in [1.29, 1.82) is 0 Å². The van der Waals surface area contributed by atoms with E-state index in [0.717, 1.165) is 24.0 Å². The van der Waals surface area contributed by atoms with Gasteiger partial charge in [0.2, 0.25) is 5.91 Å². The summed E-state index contributed by atoms with van der Waals surface area (Å²) in [5.41, 5.74) is 8.65. The van der Waals surface area contributed by atoms with Crippen LogP contribution in [0.25, 0.3) is 0 Å². The molecule has 0 spiro atoms. The SMILES string of the molecule is NC1C2CCCC1CC(C(=O)NC(c1ccccc1)c1ccccc1)C2. The summed E-state index contributed by atoms with van der Waals surface area (Å²) in [6.45, 7) is 0. The average molecular weight is 348 g/mol. The van der Waals surface area contributed by atoms with Crippen molar-refractivity contribution in [2.75, 3.05) is 0 Å². The Labute approximate surface area is 156 Å². The molecule has 2 aromatic carbocycles. The summed E-state index contributed by atoms with van der Waals surface area (Å²) in [6.07, 6.45) is 5.53. The highest BCUT2D eigenvalue weighted by Gasteiger charge is 2.40. The Hall–Kier alpha value is -2.13. The van der Waals surface area contributed by atoms with Crippen molar-refractivity contribution in [3.63, 3.8) is 0 Å². The van der Waals surface area contributed by atoms with E-state index in [9.17, 15) is 4.79 Å². The van der Waals surface area contributed by atoms with Gasteiger partial charge in [0.15, 0.2) is 0 Å². The molecule has 2 aliphatic carbocycles. The van der Waals surface area contributed by atoms with Gasteiger partial charge in [0.1, 0.15) is 0 Å². The maximum absolute atomic E-state index is 13.1. The van der Waals surface area contributed by atoms with Crippen LogP contribution in [-0.4, -0.2) is 11.9 Å². The summed E-state index contributed by atoms with van der Waals surface area (Å²) in [6, 6.07) is 20.7. The minimum absolute atomic E-state index is 0.0969. The lowest BCUT2D eigenvalue weighted by atomic mass is 9.65. The van der Waals surface area contributed by atoms with Crippen LogP contribution in [0.1, 0.15) is 49.3 Å². The second-order valence-electron chi connectivity index (χ2n) is 7.96. The highest BCUT2D eigenvalue weighted by atomic mass is 16.1. The van der Waals surface area contributed by atoms with Gasteiger partial charge in [-0.1, -0.05) is 67.1 Å². The van der Waals surface area contributed by atoms with Crippen LogP contribution < -0.4 is 11.1 Å². The van der Waals surface area contributed by atoms with Gasteiger partial charge in [-0.15, -0.1) is 0 Å². The van der Waals surface area contributed by atoms with E-state index in [0.29, 0.717) is 17.9 Å². The predicted octanol–water partition coefficient (Wildman–Crippen LogP) is 4.05. The van der Waals surface area contributed by atoms with Crippen molar-refractivity contribution < 1.29 is 4.79 Å². The summed E-state index contributed by atoms with van der Waals surface area (Å²) in [7, 11) is 0. The number of rotatable bonds is 4. The van der Waals surface area contributed by atoms with Gasteiger partial charge in [0.25, 0.3) is 0 Å². The van der Waals surface area contributed by atoms with Crippen LogP contribution in [0.2, 0.25) is 0 Å². The van der Waals surface area contributed by atoms with Gasteiger partial charge in [-0.25, -0.2) is 0 Å². The fourth-order valence-electron chi connectivity index (χ4n) is 4.91. The number of amides is 1. The number of carbonyl (C=O) groups is 1. The number of hydrogen-bond donors (Lipinski definition) is 2. The Morgan fingerprint density at radius 2 is 1.38 bits per heavy atom. The third-order valence-corrected chi connectivity index (χ3v) is 6.34. The number of nitrogens with two attached hydrogens (primary N) is 1. The number of nitrogens with one attached hydrogen (secondary N) is 1. The van der Waals surface area contributed by atoms with Crippen molar-refractivity contribution in [1.82, 2.24) is 5.32 Å². The van der Waals surface area contributed by atoms with Gasteiger partial charge in [0.05, 0.1) is 6.04 Å². The van der Waals surface area contributed by atoms with E-state index < -0.39 is 0 Å². The fourth-order valence-corrected chi connectivity index (χ4v) is 4.91. The summed E-state index contributed by atoms with van der Waals surface area (Å²) in [5.74, 6) is 1.32. The standard InChI is InChI=1S/C23H28N2O/c24-21-18-12-7-13-19(21)15-20(14-18)23(26)25-22(16-8-3-1-4-9-16)17-10-5-2-6-11-17/h1-6,8-11,18-22H,7,12-15,24H2,(H,25,26). The van der Waals surface area contributed by atoms with Crippen LogP contribution in [-0.2, 0) is 4.79 Å². The lowest BCUT2D eigenvalue weighted by Gasteiger charge is -2.43. The minimum Gasteiger partial charge on any atom is -0.345 e. The Morgan fingerprint density at radius 1 is 0.885 bits per heavy atom. The summed E-state index contributed by atoms with van der Waals surface area (Å²) < 4.78 is 0. The third-order valence-electron chi connectivity index (χ3n) is 6.34. The number of fused-ring (bicyclic) bond motifs is 2. The van der Waals surface area contributed by atoms with Gasteiger partial charge >= 0.3 is 0 Å². The van der Waals surface area contributed by atoms with Gasteiger partial charge in [0, 0.05) is 12.0 Å². The molecule has 4 rings (SSSR count). The van der Waals surface area contributed by atoms with E-state index in [1.165, 1.54) is 19.3 Å². The zero-order chi connectivity index (χ0) is 17.9. The minimum atomic E-state index is -0.0969. The van der Waals surface area contributed by atoms with E-state index in [-0.39, 0.29) is 17.9 Å². The quantitative estimate of drug-likeness (QED) is 0.876. The Bertz CT molecular complexity index is 677. The first kappa shape index (κ1) is 17.3. The molecule has 3 N–H and O–H groups in total. The molecule has 2 bridgehead atoms. The van der Waals surface area contributed by atoms with Crippen LogP contribution >= 0.6 is 0 Å². The van der Waals surface area contributed by atoms with E-state index in [2.05, 4.69) is 29.6 Å². The van der Waals surface area contributed by atoms with Crippen LogP contribution in [0.15, 0.2) is 60.7 Å². The number of carbonyl (C=O) groups excluding carboxylic acids is 1. The Kier molecular flexibility index (Phi) is 5.07. The molecule has 2 aromatic rings. The van der Waals surface area contributed by atoms with Crippen LogP contribution in [0.4, 0.5) is 0 Å². The molecule has 0 saturated heterocycles. The summed E-state index contributed by atoms with van der Waals surface area (Å²) in [4.78, 5) is 13.1. The zero-order valence-electron chi connectivity index (χ0n) is 15.2. The van der Waals surface area contributed by atoms with Crippen molar-refractivity contribution in [3.8, 4) is 0 Å². The van der Waals surface area contributed by atoms with Crippen LogP contribution in [0.3, 0.4) is 0 Å². The van der Waals surface area contributed by atoms with Gasteiger partial charge in [-0.2, -0.15) is 0 Å². The Morgan fingerprint density at radius 3 is 1.88 bits per heavy atom. The highest BCUT2D eigenvalue weighted by molar-refractivity contribution is 5.79. The molecule has 26 heavy (non-hydrogen) atoms. The molecule has 0 aromatic heterocycles. The molecular formula is C23H28N2O. The average Bonchev–Trinajstić information content (AvgIpc) is 2.67. The van der Waals surface area contributed by atoms with E-state index in [4.69, 9.17) is 5.73 Å². The van der Waals surface area contributed by atoms with E-state index in [1.54, 1.807) is 0 Å². The van der Waals surface area contributed by atoms with Gasteiger partial charge in [-0.3, -0.25) is 4.79 Å². The molecular weight excluding hydrogens is 320 g/mol. The maximum Gasteiger partial charge on any atom is 0.223 e. The molecule has 1 amide bonds. The maximum atomic E-state index is 13.1. The highest BCUT2D eigenvalue weighted by Crippen LogP contribution is 2.42.